The summed E-state index contributed by atoms with van der Waals surface area (Å²) in [5.41, 5.74) is 0.942. The summed E-state index contributed by atoms with van der Waals surface area (Å²) < 4.78 is 5.73. The van der Waals surface area contributed by atoms with Gasteiger partial charge in [0, 0.05) is 25.1 Å². The fraction of sp³-hybridized carbons (Fsp3) is 0.471. The summed E-state index contributed by atoms with van der Waals surface area (Å²) in [6.07, 6.45) is 2.53. The number of ether oxygens (including phenoxy) is 1. The van der Waals surface area contributed by atoms with Gasteiger partial charge in [-0.3, -0.25) is 0 Å². The number of hydrogen-bond acceptors (Lipinski definition) is 3. The smallest absolute Gasteiger partial charge is 0.136 e. The number of aromatic nitrogens is 1. The molecule has 0 unspecified atom stereocenters. The summed E-state index contributed by atoms with van der Waals surface area (Å²) in [5, 5.41) is 2.42. The van der Waals surface area contributed by atoms with Crippen LogP contribution < -0.4 is 4.90 Å². The third-order valence-corrected chi connectivity index (χ3v) is 4.33. The first-order valence-electron chi connectivity index (χ1n) is 7.63. The highest BCUT2D eigenvalue weighted by Gasteiger charge is 2.21. The van der Waals surface area contributed by atoms with E-state index in [1.54, 1.807) is 0 Å². The van der Waals surface area contributed by atoms with Crippen LogP contribution in [0.15, 0.2) is 30.3 Å². The number of rotatable bonds is 4. The molecular formula is C17H21ClN2O. The van der Waals surface area contributed by atoms with Crippen molar-refractivity contribution in [3.8, 4) is 0 Å². The van der Waals surface area contributed by atoms with Crippen molar-refractivity contribution in [1.29, 1.82) is 0 Å². The second-order valence-electron chi connectivity index (χ2n) is 5.43. The van der Waals surface area contributed by atoms with Crippen LogP contribution in [0.1, 0.15) is 25.5 Å². The summed E-state index contributed by atoms with van der Waals surface area (Å²) in [5.74, 6) is 1.52. The molecule has 1 fully saturated rings. The highest BCUT2D eigenvalue weighted by atomic mass is 35.5. The van der Waals surface area contributed by atoms with E-state index in [1.165, 1.54) is 10.8 Å². The van der Waals surface area contributed by atoms with Gasteiger partial charge >= 0.3 is 0 Å². The molecule has 0 saturated carbocycles. The average molecular weight is 305 g/mol. The van der Waals surface area contributed by atoms with E-state index < -0.39 is 0 Å². The van der Waals surface area contributed by atoms with Gasteiger partial charge in [-0.25, -0.2) is 4.98 Å². The molecular weight excluding hydrogens is 284 g/mol. The molecule has 0 atom stereocenters. The van der Waals surface area contributed by atoms with Crippen LogP contribution in [0.25, 0.3) is 10.8 Å². The van der Waals surface area contributed by atoms with E-state index in [-0.39, 0.29) is 0 Å². The van der Waals surface area contributed by atoms with Gasteiger partial charge in [0.25, 0.3) is 0 Å². The molecule has 0 bridgehead atoms. The van der Waals surface area contributed by atoms with E-state index in [9.17, 15) is 0 Å². The third kappa shape index (κ3) is 3.14. The molecule has 2 heterocycles. The Balaban J connectivity index is 1.89. The normalized spacial score (nSPS) is 16.6. The van der Waals surface area contributed by atoms with Crippen LogP contribution in [-0.2, 0) is 10.6 Å². The molecule has 0 spiro atoms. The van der Waals surface area contributed by atoms with Crippen LogP contribution in [0.5, 0.6) is 0 Å². The van der Waals surface area contributed by atoms with Crippen LogP contribution in [0, 0.1) is 0 Å². The molecule has 1 aromatic heterocycles. The molecule has 21 heavy (non-hydrogen) atoms. The van der Waals surface area contributed by atoms with E-state index in [1.807, 2.05) is 0 Å². The first kappa shape index (κ1) is 14.6. The van der Waals surface area contributed by atoms with Gasteiger partial charge in [-0.15, -0.1) is 11.6 Å². The van der Waals surface area contributed by atoms with Crippen LogP contribution in [0.2, 0.25) is 0 Å². The predicted molar refractivity (Wildman–Crippen MR) is 88.2 cm³/mol. The lowest BCUT2D eigenvalue weighted by molar-refractivity contribution is 0.0459. The Morgan fingerprint density at radius 1 is 1.29 bits per heavy atom. The van der Waals surface area contributed by atoms with Crippen LogP contribution in [0.3, 0.4) is 0 Å². The molecule has 112 valence electrons. The summed E-state index contributed by atoms with van der Waals surface area (Å²) in [6, 6.07) is 10.5. The van der Waals surface area contributed by atoms with Crippen molar-refractivity contribution in [1.82, 2.24) is 4.98 Å². The molecule has 0 N–H and O–H groups in total. The lowest BCUT2D eigenvalue weighted by Crippen LogP contribution is -2.37. The molecule has 4 heteroatoms. The number of fused-ring (bicyclic) bond motifs is 1. The SMILES string of the molecule is CCOC1CCN(c2nc(CCl)cc3ccccc23)CC1. The molecule has 0 amide bonds. The van der Waals surface area contributed by atoms with E-state index >= 15 is 0 Å². The Bertz CT molecular complexity index is 609. The lowest BCUT2D eigenvalue weighted by atomic mass is 10.1. The topological polar surface area (TPSA) is 25.4 Å². The number of nitrogens with zero attached hydrogens (tertiary/aromatic N) is 2. The second kappa shape index (κ2) is 6.63. The molecule has 1 aliphatic heterocycles. The van der Waals surface area contributed by atoms with E-state index in [0.29, 0.717) is 12.0 Å². The highest BCUT2D eigenvalue weighted by Crippen LogP contribution is 2.29. The van der Waals surface area contributed by atoms with E-state index in [0.717, 1.165) is 44.0 Å². The van der Waals surface area contributed by atoms with Gasteiger partial charge < -0.3 is 9.64 Å². The molecule has 0 aliphatic carbocycles. The van der Waals surface area contributed by atoms with Gasteiger partial charge in [-0.05, 0) is 31.2 Å². The number of piperidine rings is 1. The Kier molecular flexibility index (Phi) is 4.61. The first-order chi connectivity index (χ1) is 10.3. The fourth-order valence-corrected chi connectivity index (χ4v) is 3.15. The fourth-order valence-electron chi connectivity index (χ4n) is 3.01. The minimum Gasteiger partial charge on any atom is -0.378 e. The predicted octanol–water partition coefficient (Wildman–Crippen LogP) is 3.98. The van der Waals surface area contributed by atoms with Crippen molar-refractivity contribution in [3.63, 3.8) is 0 Å². The van der Waals surface area contributed by atoms with Gasteiger partial charge in [-0.1, -0.05) is 24.3 Å². The second-order valence-corrected chi connectivity index (χ2v) is 5.70. The number of halogens is 1. The highest BCUT2D eigenvalue weighted by molar-refractivity contribution is 6.17. The first-order valence-corrected chi connectivity index (χ1v) is 8.16. The number of alkyl halides is 1. The summed E-state index contributed by atoms with van der Waals surface area (Å²) in [6.45, 7) is 4.85. The van der Waals surface area contributed by atoms with Gasteiger partial charge in [0.1, 0.15) is 5.82 Å². The molecule has 3 nitrogen and oxygen atoms in total. The van der Waals surface area contributed by atoms with Crippen molar-refractivity contribution in [3.05, 3.63) is 36.0 Å². The summed E-state index contributed by atoms with van der Waals surface area (Å²) in [7, 11) is 0. The van der Waals surface area contributed by atoms with Gasteiger partial charge in [0.05, 0.1) is 17.7 Å². The number of pyridine rings is 1. The Hall–Kier alpha value is -1.32. The number of benzene rings is 1. The third-order valence-electron chi connectivity index (χ3n) is 4.05. The van der Waals surface area contributed by atoms with Crippen molar-refractivity contribution < 1.29 is 4.74 Å². The average Bonchev–Trinajstić information content (AvgIpc) is 2.55. The number of anilines is 1. The monoisotopic (exact) mass is 304 g/mol. The maximum Gasteiger partial charge on any atom is 0.136 e. The molecule has 0 radical (unpaired) electrons. The minimum atomic E-state index is 0.397. The van der Waals surface area contributed by atoms with Gasteiger partial charge in [0.15, 0.2) is 0 Å². The van der Waals surface area contributed by atoms with Crippen molar-refractivity contribution in [2.75, 3.05) is 24.6 Å². The Morgan fingerprint density at radius 2 is 2.05 bits per heavy atom. The minimum absolute atomic E-state index is 0.397. The van der Waals surface area contributed by atoms with Gasteiger partial charge in [0.2, 0.25) is 0 Å². The standard InChI is InChI=1S/C17H21ClN2O/c1-2-21-15-7-9-20(10-8-15)17-16-6-4-3-5-13(16)11-14(12-18)19-17/h3-6,11,15H,2,7-10,12H2,1H3. The van der Waals surface area contributed by atoms with Crippen LogP contribution in [0.4, 0.5) is 5.82 Å². The molecule has 1 saturated heterocycles. The van der Waals surface area contributed by atoms with Gasteiger partial charge in [-0.2, -0.15) is 0 Å². The largest absolute Gasteiger partial charge is 0.378 e. The van der Waals surface area contributed by atoms with Crippen molar-refractivity contribution >= 4 is 28.2 Å². The number of hydrogen-bond donors (Lipinski definition) is 0. The molecule has 1 aliphatic rings. The Morgan fingerprint density at radius 3 is 2.76 bits per heavy atom. The van der Waals surface area contributed by atoms with Crippen molar-refractivity contribution in [2.45, 2.75) is 31.7 Å². The Labute approximate surface area is 130 Å². The maximum absolute atomic E-state index is 6.00. The maximum atomic E-state index is 6.00. The summed E-state index contributed by atoms with van der Waals surface area (Å²) in [4.78, 5) is 7.14. The quantitative estimate of drug-likeness (QED) is 0.799. The van der Waals surface area contributed by atoms with E-state index in [4.69, 9.17) is 21.3 Å². The van der Waals surface area contributed by atoms with E-state index in [2.05, 4.69) is 42.2 Å². The van der Waals surface area contributed by atoms with Crippen LogP contribution in [-0.4, -0.2) is 30.8 Å². The zero-order chi connectivity index (χ0) is 14.7. The van der Waals surface area contributed by atoms with Crippen molar-refractivity contribution in [2.24, 2.45) is 0 Å². The zero-order valence-corrected chi connectivity index (χ0v) is 13.1. The lowest BCUT2D eigenvalue weighted by Gasteiger charge is -2.33. The van der Waals surface area contributed by atoms with Crippen LogP contribution >= 0.6 is 11.6 Å². The molecule has 1 aromatic carbocycles. The molecule has 2 aromatic rings. The molecule has 3 rings (SSSR count). The zero-order valence-electron chi connectivity index (χ0n) is 12.4. The summed E-state index contributed by atoms with van der Waals surface area (Å²) >= 11 is 6.00.